The molecule has 7 heteroatoms. The average molecular weight is 296 g/mol. The topological polar surface area (TPSA) is 87.8 Å². The number of hydrogen-bond acceptors (Lipinski definition) is 6. The van der Waals surface area contributed by atoms with Crippen LogP contribution in [0, 0.1) is 6.92 Å². The molecule has 4 rings (SSSR count). The van der Waals surface area contributed by atoms with Crippen LogP contribution in [0.15, 0.2) is 30.7 Å². The van der Waals surface area contributed by atoms with Gasteiger partial charge in [0.05, 0.1) is 31.1 Å². The van der Waals surface area contributed by atoms with Crippen LogP contribution in [0.25, 0.3) is 11.0 Å². The van der Waals surface area contributed by atoms with Gasteiger partial charge in [0.25, 0.3) is 0 Å². The Balaban J connectivity index is 1.57. The molecular weight excluding hydrogens is 280 g/mol. The molecule has 0 aromatic carbocycles. The summed E-state index contributed by atoms with van der Waals surface area (Å²) in [5.74, 6) is 1.38. The zero-order valence-corrected chi connectivity index (χ0v) is 12.1. The summed E-state index contributed by atoms with van der Waals surface area (Å²) in [7, 11) is 0. The van der Waals surface area contributed by atoms with Gasteiger partial charge in [-0.3, -0.25) is 0 Å². The lowest BCUT2D eigenvalue weighted by atomic mass is 10.2. The highest BCUT2D eigenvalue weighted by molar-refractivity contribution is 5.79. The lowest BCUT2D eigenvalue weighted by Gasteiger charge is -2.27. The van der Waals surface area contributed by atoms with Gasteiger partial charge in [-0.2, -0.15) is 4.98 Å². The van der Waals surface area contributed by atoms with Gasteiger partial charge in [-0.1, -0.05) is 0 Å². The van der Waals surface area contributed by atoms with Crippen LogP contribution in [0.5, 0.6) is 0 Å². The van der Waals surface area contributed by atoms with E-state index in [9.17, 15) is 0 Å². The van der Waals surface area contributed by atoms with Crippen molar-refractivity contribution < 1.29 is 4.74 Å². The number of aromatic nitrogens is 4. The van der Waals surface area contributed by atoms with Gasteiger partial charge in [0.15, 0.2) is 0 Å². The van der Waals surface area contributed by atoms with E-state index in [0.29, 0.717) is 12.0 Å². The van der Waals surface area contributed by atoms with E-state index in [2.05, 4.69) is 30.6 Å². The molecule has 0 saturated carbocycles. The van der Waals surface area contributed by atoms with Crippen LogP contribution in [0.2, 0.25) is 0 Å². The second-order valence-corrected chi connectivity index (χ2v) is 5.37. The number of anilines is 3. The number of fused-ring (bicyclic) bond motifs is 1. The Labute approximate surface area is 127 Å². The maximum atomic E-state index is 5.17. The van der Waals surface area contributed by atoms with Gasteiger partial charge in [-0.15, -0.1) is 0 Å². The smallest absolute Gasteiger partial charge is 0.229 e. The minimum atomic E-state index is 0.333. The molecule has 112 valence electrons. The minimum Gasteiger partial charge on any atom is -0.377 e. The van der Waals surface area contributed by atoms with Crippen molar-refractivity contribution >= 4 is 28.5 Å². The number of nitrogens with zero attached hydrogens (tertiary/aromatic N) is 3. The van der Waals surface area contributed by atoms with E-state index in [0.717, 1.165) is 41.3 Å². The van der Waals surface area contributed by atoms with Crippen molar-refractivity contribution in [1.29, 1.82) is 0 Å². The molecule has 0 spiro atoms. The van der Waals surface area contributed by atoms with Crippen molar-refractivity contribution in [2.45, 2.75) is 13.0 Å². The third kappa shape index (κ3) is 2.46. The van der Waals surface area contributed by atoms with E-state index in [-0.39, 0.29) is 0 Å². The van der Waals surface area contributed by atoms with Crippen LogP contribution in [0.4, 0.5) is 17.5 Å². The highest BCUT2D eigenvalue weighted by Gasteiger charge is 2.19. The lowest BCUT2D eigenvalue weighted by molar-refractivity contribution is 0.0209. The summed E-state index contributed by atoms with van der Waals surface area (Å²) in [6.07, 6.45) is 5.43. The molecule has 0 aliphatic carbocycles. The molecule has 22 heavy (non-hydrogen) atoms. The fraction of sp³-hybridized carbons (Fsp3) is 0.267. The fourth-order valence-electron chi connectivity index (χ4n) is 2.30. The van der Waals surface area contributed by atoms with Crippen LogP contribution in [0.3, 0.4) is 0 Å². The highest BCUT2D eigenvalue weighted by atomic mass is 16.5. The molecule has 1 saturated heterocycles. The van der Waals surface area contributed by atoms with E-state index in [1.54, 1.807) is 12.4 Å². The average Bonchev–Trinajstić information content (AvgIpc) is 2.93. The quantitative estimate of drug-likeness (QED) is 0.684. The number of aryl methyl sites for hydroxylation is 1. The second-order valence-electron chi connectivity index (χ2n) is 5.37. The summed E-state index contributed by atoms with van der Waals surface area (Å²) in [6.45, 7) is 3.43. The van der Waals surface area contributed by atoms with Crippen LogP contribution in [0.1, 0.15) is 5.56 Å². The van der Waals surface area contributed by atoms with Gasteiger partial charge in [0, 0.05) is 23.3 Å². The van der Waals surface area contributed by atoms with Gasteiger partial charge >= 0.3 is 0 Å². The molecule has 0 radical (unpaired) electrons. The maximum Gasteiger partial charge on any atom is 0.229 e. The number of pyridine rings is 1. The number of H-pyrrole nitrogens is 1. The minimum absolute atomic E-state index is 0.333. The molecule has 1 aliphatic heterocycles. The highest BCUT2D eigenvalue weighted by Crippen LogP contribution is 2.20. The van der Waals surface area contributed by atoms with Crippen LogP contribution in [-0.2, 0) is 4.74 Å². The van der Waals surface area contributed by atoms with Gasteiger partial charge in [0.2, 0.25) is 5.95 Å². The van der Waals surface area contributed by atoms with Crippen LogP contribution >= 0.6 is 0 Å². The van der Waals surface area contributed by atoms with E-state index >= 15 is 0 Å². The standard InChI is InChI=1S/C15H16N6O/c1-9-5-18-15(21-13(9)19-12-7-22-8-12)20-11-4-10-2-3-16-14(10)17-6-11/h2-6,12H,7-8H2,1H3,(H,16,17)(H2,18,19,20,21). The number of hydrogen-bond donors (Lipinski definition) is 3. The Kier molecular flexibility index (Phi) is 3.12. The van der Waals surface area contributed by atoms with Gasteiger partial charge in [-0.25, -0.2) is 9.97 Å². The fourth-order valence-corrected chi connectivity index (χ4v) is 2.30. The van der Waals surface area contributed by atoms with E-state index in [1.807, 2.05) is 25.3 Å². The Morgan fingerprint density at radius 1 is 1.27 bits per heavy atom. The number of ether oxygens (including phenoxy) is 1. The van der Waals surface area contributed by atoms with Crippen molar-refractivity contribution in [3.8, 4) is 0 Å². The predicted molar refractivity (Wildman–Crippen MR) is 84.4 cm³/mol. The van der Waals surface area contributed by atoms with Crippen LogP contribution < -0.4 is 10.6 Å². The third-order valence-corrected chi connectivity index (χ3v) is 3.61. The second kappa shape index (κ2) is 5.27. The molecule has 0 bridgehead atoms. The molecule has 0 unspecified atom stereocenters. The number of nitrogens with one attached hydrogen (secondary N) is 3. The molecule has 4 heterocycles. The predicted octanol–water partition coefficient (Wildman–Crippen LogP) is 2.22. The van der Waals surface area contributed by atoms with Crippen molar-refractivity contribution in [1.82, 2.24) is 19.9 Å². The Morgan fingerprint density at radius 3 is 3.00 bits per heavy atom. The molecule has 1 fully saturated rings. The van der Waals surface area contributed by atoms with Crippen molar-refractivity contribution in [3.05, 3.63) is 36.3 Å². The Hall–Kier alpha value is -2.67. The zero-order chi connectivity index (χ0) is 14.9. The summed E-state index contributed by atoms with van der Waals surface area (Å²) in [4.78, 5) is 16.3. The summed E-state index contributed by atoms with van der Waals surface area (Å²) < 4.78 is 5.17. The van der Waals surface area contributed by atoms with E-state index in [1.165, 1.54) is 0 Å². The normalized spacial score (nSPS) is 14.8. The summed E-state index contributed by atoms with van der Waals surface area (Å²) >= 11 is 0. The Bertz CT molecular complexity index is 811. The van der Waals surface area contributed by atoms with Crippen molar-refractivity contribution in [2.75, 3.05) is 23.8 Å². The van der Waals surface area contributed by atoms with Crippen molar-refractivity contribution in [3.63, 3.8) is 0 Å². The largest absolute Gasteiger partial charge is 0.377 e. The van der Waals surface area contributed by atoms with Crippen LogP contribution in [-0.4, -0.2) is 39.2 Å². The Morgan fingerprint density at radius 2 is 2.18 bits per heavy atom. The molecule has 0 amide bonds. The van der Waals surface area contributed by atoms with Crippen molar-refractivity contribution in [2.24, 2.45) is 0 Å². The first-order chi connectivity index (χ1) is 10.8. The summed E-state index contributed by atoms with van der Waals surface area (Å²) in [5, 5.41) is 7.60. The lowest BCUT2D eigenvalue weighted by Crippen LogP contribution is -2.40. The van der Waals surface area contributed by atoms with Gasteiger partial charge in [0.1, 0.15) is 11.5 Å². The van der Waals surface area contributed by atoms with Gasteiger partial charge < -0.3 is 20.4 Å². The molecular formula is C15H16N6O. The molecule has 3 aromatic rings. The zero-order valence-electron chi connectivity index (χ0n) is 12.1. The monoisotopic (exact) mass is 296 g/mol. The van der Waals surface area contributed by atoms with E-state index in [4.69, 9.17) is 4.74 Å². The molecule has 7 nitrogen and oxygen atoms in total. The van der Waals surface area contributed by atoms with E-state index < -0.39 is 0 Å². The summed E-state index contributed by atoms with van der Waals surface area (Å²) in [6, 6.07) is 4.32. The summed E-state index contributed by atoms with van der Waals surface area (Å²) in [5.41, 5.74) is 2.73. The first-order valence-electron chi connectivity index (χ1n) is 7.16. The number of aromatic amines is 1. The molecule has 3 aromatic heterocycles. The SMILES string of the molecule is Cc1cnc(Nc2cnc3[nH]ccc3c2)nc1NC1COC1. The molecule has 1 aliphatic rings. The third-order valence-electron chi connectivity index (χ3n) is 3.61. The van der Waals surface area contributed by atoms with Gasteiger partial charge in [-0.05, 0) is 19.1 Å². The first kappa shape index (κ1) is 13.0. The first-order valence-corrected chi connectivity index (χ1v) is 7.16. The number of rotatable bonds is 4. The molecule has 0 atom stereocenters. The maximum absolute atomic E-state index is 5.17. The molecule has 3 N–H and O–H groups in total.